The zero-order chi connectivity index (χ0) is 19.7. The third kappa shape index (κ3) is 3.67. The molecule has 1 atom stereocenters. The first-order valence-corrected chi connectivity index (χ1v) is 9.83. The topological polar surface area (TPSA) is 46.5 Å². The van der Waals surface area contributed by atoms with Crippen LogP contribution < -0.4 is 15.0 Å². The molecule has 146 valence electrons. The van der Waals surface area contributed by atoms with E-state index in [0.29, 0.717) is 11.4 Å². The number of aromatic nitrogens is 1. The molecule has 0 unspecified atom stereocenters. The van der Waals surface area contributed by atoms with Crippen molar-refractivity contribution in [2.75, 3.05) is 25.1 Å². The summed E-state index contributed by atoms with van der Waals surface area (Å²) in [5.41, 5.74) is 3.17. The van der Waals surface area contributed by atoms with Gasteiger partial charge >= 0.3 is 0 Å². The van der Waals surface area contributed by atoms with E-state index in [1.54, 1.807) is 7.11 Å². The van der Waals surface area contributed by atoms with Crippen molar-refractivity contribution < 1.29 is 9.53 Å². The highest BCUT2D eigenvalue weighted by atomic mass is 35.5. The number of methoxy groups -OCH3 is 1. The average Bonchev–Trinajstić information content (AvgIpc) is 3.27. The Morgan fingerprint density at radius 3 is 2.93 bits per heavy atom. The van der Waals surface area contributed by atoms with E-state index in [-0.39, 0.29) is 11.9 Å². The van der Waals surface area contributed by atoms with E-state index < -0.39 is 0 Å². The highest BCUT2D eigenvalue weighted by Gasteiger charge is 2.26. The molecular weight excluding hydrogens is 374 g/mol. The molecule has 0 bridgehead atoms. The minimum absolute atomic E-state index is 0.0567. The Balaban J connectivity index is 1.42. The second-order valence-electron chi connectivity index (χ2n) is 7.27. The van der Waals surface area contributed by atoms with E-state index in [4.69, 9.17) is 16.3 Å². The first-order valence-electron chi connectivity index (χ1n) is 9.46. The minimum atomic E-state index is 0.0567. The van der Waals surface area contributed by atoms with Gasteiger partial charge in [-0.15, -0.1) is 0 Å². The zero-order valence-corrected chi connectivity index (χ0v) is 16.9. The number of anilines is 1. The van der Waals surface area contributed by atoms with Crippen LogP contribution in [0, 0.1) is 0 Å². The largest absolute Gasteiger partial charge is 0.495 e. The maximum Gasteiger partial charge on any atom is 0.224 e. The molecule has 0 radical (unpaired) electrons. The summed E-state index contributed by atoms with van der Waals surface area (Å²) in [5, 5.41) is 5.01. The lowest BCUT2D eigenvalue weighted by atomic mass is 10.1. The van der Waals surface area contributed by atoms with E-state index in [0.717, 1.165) is 47.4 Å². The van der Waals surface area contributed by atoms with Crippen LogP contribution in [-0.4, -0.2) is 36.7 Å². The summed E-state index contributed by atoms with van der Waals surface area (Å²) >= 11 is 6.16. The third-order valence-electron chi connectivity index (χ3n) is 5.37. The Bertz CT molecular complexity index is 1010. The van der Waals surface area contributed by atoms with Crippen molar-refractivity contribution in [2.45, 2.75) is 18.9 Å². The molecule has 1 aromatic heterocycles. The molecule has 0 spiro atoms. The van der Waals surface area contributed by atoms with Crippen LogP contribution in [0.3, 0.4) is 0 Å². The van der Waals surface area contributed by atoms with Gasteiger partial charge in [0.15, 0.2) is 0 Å². The number of fused-ring (bicyclic) bond motifs is 1. The van der Waals surface area contributed by atoms with Gasteiger partial charge < -0.3 is 19.5 Å². The number of hydrogen-bond acceptors (Lipinski definition) is 3. The molecule has 6 heteroatoms. The summed E-state index contributed by atoms with van der Waals surface area (Å²) < 4.78 is 7.53. The predicted molar refractivity (Wildman–Crippen MR) is 113 cm³/mol. The highest BCUT2D eigenvalue weighted by molar-refractivity contribution is 6.30. The van der Waals surface area contributed by atoms with Gasteiger partial charge in [0.1, 0.15) is 5.75 Å². The number of benzene rings is 2. The number of carbonyl (C=O) groups is 1. The SMILES string of the molecule is COc1ccc(Cl)cc1N1CC[C@H](NC(=O)Cc2cn(C)c3ccccc23)C1. The molecule has 2 heterocycles. The highest BCUT2D eigenvalue weighted by Crippen LogP contribution is 2.33. The normalized spacial score (nSPS) is 16.5. The Labute approximate surface area is 169 Å². The van der Waals surface area contributed by atoms with Crippen LogP contribution in [0.5, 0.6) is 5.75 Å². The fourth-order valence-electron chi connectivity index (χ4n) is 4.03. The minimum Gasteiger partial charge on any atom is -0.495 e. The van der Waals surface area contributed by atoms with Crippen LogP contribution in [-0.2, 0) is 18.3 Å². The summed E-state index contributed by atoms with van der Waals surface area (Å²) in [6, 6.07) is 13.9. The number of amides is 1. The first kappa shape index (κ1) is 18.7. The number of halogens is 1. The summed E-state index contributed by atoms with van der Waals surface area (Å²) in [7, 11) is 3.67. The summed E-state index contributed by atoms with van der Waals surface area (Å²) in [6.45, 7) is 1.61. The van der Waals surface area contributed by atoms with Crippen LogP contribution in [0.4, 0.5) is 5.69 Å². The number of rotatable bonds is 5. The molecule has 1 N–H and O–H groups in total. The number of nitrogens with one attached hydrogen (secondary N) is 1. The molecule has 0 aliphatic carbocycles. The molecule has 5 nitrogen and oxygen atoms in total. The number of para-hydroxylation sites is 1. The first-order chi connectivity index (χ1) is 13.5. The molecule has 1 amide bonds. The zero-order valence-electron chi connectivity index (χ0n) is 16.1. The van der Waals surface area contributed by atoms with Gasteiger partial charge in [0.2, 0.25) is 5.91 Å². The van der Waals surface area contributed by atoms with Crippen molar-refractivity contribution in [1.29, 1.82) is 0 Å². The van der Waals surface area contributed by atoms with Crippen molar-refractivity contribution >= 4 is 34.1 Å². The van der Waals surface area contributed by atoms with E-state index in [1.807, 2.05) is 43.6 Å². The van der Waals surface area contributed by atoms with E-state index >= 15 is 0 Å². The monoisotopic (exact) mass is 397 g/mol. The molecule has 1 fully saturated rings. The third-order valence-corrected chi connectivity index (χ3v) is 5.60. The van der Waals surface area contributed by atoms with Crippen molar-refractivity contribution in [3.8, 4) is 5.75 Å². The van der Waals surface area contributed by atoms with Crippen LogP contribution in [0.25, 0.3) is 10.9 Å². The smallest absolute Gasteiger partial charge is 0.224 e. The number of nitrogens with zero attached hydrogens (tertiary/aromatic N) is 2. The Kier molecular flexibility index (Phi) is 5.18. The lowest BCUT2D eigenvalue weighted by Gasteiger charge is -2.21. The van der Waals surface area contributed by atoms with Crippen molar-refractivity contribution in [3.05, 3.63) is 59.2 Å². The van der Waals surface area contributed by atoms with Gasteiger partial charge in [-0.1, -0.05) is 29.8 Å². The molecule has 1 saturated heterocycles. The Morgan fingerprint density at radius 1 is 1.29 bits per heavy atom. The quantitative estimate of drug-likeness (QED) is 0.712. The number of ether oxygens (including phenoxy) is 1. The second kappa shape index (κ2) is 7.76. The van der Waals surface area contributed by atoms with E-state index in [1.165, 1.54) is 0 Å². The molecule has 2 aromatic carbocycles. The van der Waals surface area contributed by atoms with Gasteiger partial charge in [-0.3, -0.25) is 4.79 Å². The predicted octanol–water partition coefficient (Wildman–Crippen LogP) is 3.78. The van der Waals surface area contributed by atoms with Crippen LogP contribution in [0.2, 0.25) is 5.02 Å². The molecule has 28 heavy (non-hydrogen) atoms. The maximum absolute atomic E-state index is 12.7. The van der Waals surface area contributed by atoms with Gasteiger partial charge in [0, 0.05) is 48.3 Å². The molecular formula is C22H24ClN3O2. The van der Waals surface area contributed by atoms with Crippen LogP contribution in [0.15, 0.2) is 48.7 Å². The Morgan fingerprint density at radius 2 is 2.11 bits per heavy atom. The van der Waals surface area contributed by atoms with Gasteiger partial charge in [0.25, 0.3) is 0 Å². The fraction of sp³-hybridized carbons (Fsp3) is 0.318. The Hall–Kier alpha value is -2.66. The molecule has 4 rings (SSSR count). The van der Waals surface area contributed by atoms with Gasteiger partial charge in [-0.05, 0) is 36.2 Å². The van der Waals surface area contributed by atoms with Crippen LogP contribution >= 0.6 is 11.6 Å². The van der Waals surface area contributed by atoms with Gasteiger partial charge in [-0.2, -0.15) is 0 Å². The van der Waals surface area contributed by atoms with Gasteiger partial charge in [-0.25, -0.2) is 0 Å². The van der Waals surface area contributed by atoms with E-state index in [9.17, 15) is 4.79 Å². The fourth-order valence-corrected chi connectivity index (χ4v) is 4.19. The summed E-state index contributed by atoms with van der Waals surface area (Å²) in [5.74, 6) is 0.855. The van der Waals surface area contributed by atoms with Gasteiger partial charge in [0.05, 0.1) is 19.2 Å². The van der Waals surface area contributed by atoms with Crippen molar-refractivity contribution in [1.82, 2.24) is 9.88 Å². The second-order valence-corrected chi connectivity index (χ2v) is 7.71. The number of carbonyl (C=O) groups excluding carboxylic acids is 1. The number of aryl methyl sites for hydroxylation is 1. The maximum atomic E-state index is 12.7. The summed E-state index contributed by atoms with van der Waals surface area (Å²) in [4.78, 5) is 14.9. The number of hydrogen-bond donors (Lipinski definition) is 1. The average molecular weight is 398 g/mol. The lowest BCUT2D eigenvalue weighted by molar-refractivity contribution is -0.121. The van der Waals surface area contributed by atoms with E-state index in [2.05, 4.69) is 26.9 Å². The molecule has 1 aliphatic rings. The lowest BCUT2D eigenvalue weighted by Crippen LogP contribution is -2.38. The summed E-state index contributed by atoms with van der Waals surface area (Å²) in [6.07, 6.45) is 3.33. The molecule has 0 saturated carbocycles. The standard InChI is InChI=1S/C22H24ClN3O2/c1-25-13-15(18-5-3-4-6-19(18)25)11-22(27)24-17-9-10-26(14-17)20-12-16(23)7-8-21(20)28-2/h3-8,12-13,17H,9-11,14H2,1-2H3,(H,24,27)/t17-/m0/s1. The van der Waals surface area contributed by atoms with Crippen molar-refractivity contribution in [3.63, 3.8) is 0 Å². The molecule has 3 aromatic rings. The van der Waals surface area contributed by atoms with Crippen LogP contribution in [0.1, 0.15) is 12.0 Å². The molecule has 1 aliphatic heterocycles. The van der Waals surface area contributed by atoms with Crippen molar-refractivity contribution in [2.24, 2.45) is 7.05 Å².